The molecule has 2 atom stereocenters. The Kier molecular flexibility index (Phi) is 3.76. The summed E-state index contributed by atoms with van der Waals surface area (Å²) in [6.45, 7) is 0.963. The maximum atomic E-state index is 5.88. The predicted molar refractivity (Wildman–Crippen MR) is 78.4 cm³/mol. The van der Waals surface area contributed by atoms with Crippen LogP contribution in [0.3, 0.4) is 0 Å². The van der Waals surface area contributed by atoms with Crippen LogP contribution >= 0.6 is 15.9 Å². The van der Waals surface area contributed by atoms with E-state index in [0.717, 1.165) is 11.9 Å². The number of halogens is 1. The molecule has 18 heavy (non-hydrogen) atoms. The van der Waals surface area contributed by atoms with Crippen LogP contribution < -0.4 is 0 Å². The number of alkyl halides is 1. The molecule has 0 amide bonds. The van der Waals surface area contributed by atoms with E-state index in [1.54, 1.807) is 11.1 Å². The van der Waals surface area contributed by atoms with E-state index in [1.807, 2.05) is 0 Å². The number of fused-ring (bicyclic) bond motifs is 1. The SMILES string of the molecule is BrCC1(CC2CCCO2)CCCc2ccccc21. The summed E-state index contributed by atoms with van der Waals surface area (Å²) in [7, 11) is 0. The van der Waals surface area contributed by atoms with Gasteiger partial charge in [-0.05, 0) is 49.7 Å². The molecule has 1 aromatic rings. The first-order valence-corrected chi connectivity index (χ1v) is 8.22. The third-order valence-corrected chi connectivity index (χ3v) is 5.66. The summed E-state index contributed by atoms with van der Waals surface area (Å²) in [5, 5.41) is 1.07. The van der Waals surface area contributed by atoms with E-state index in [9.17, 15) is 0 Å². The lowest BCUT2D eigenvalue weighted by molar-refractivity contribution is 0.0823. The maximum absolute atomic E-state index is 5.88. The van der Waals surface area contributed by atoms with Gasteiger partial charge in [-0.15, -0.1) is 0 Å². The number of benzene rings is 1. The fraction of sp³-hybridized carbons (Fsp3) is 0.625. The molecule has 1 fully saturated rings. The molecule has 0 bridgehead atoms. The third-order valence-electron chi connectivity index (χ3n) is 4.59. The van der Waals surface area contributed by atoms with Gasteiger partial charge in [0.2, 0.25) is 0 Å². The molecule has 1 aliphatic carbocycles. The first-order valence-electron chi connectivity index (χ1n) is 7.10. The second-order valence-electron chi connectivity index (χ2n) is 5.76. The molecule has 1 nitrogen and oxygen atoms in total. The zero-order valence-electron chi connectivity index (χ0n) is 10.8. The van der Waals surface area contributed by atoms with Crippen LogP contribution in [0.1, 0.15) is 43.2 Å². The predicted octanol–water partition coefficient (Wildman–Crippen LogP) is 4.22. The molecule has 0 aromatic heterocycles. The van der Waals surface area contributed by atoms with Gasteiger partial charge in [0.1, 0.15) is 0 Å². The summed E-state index contributed by atoms with van der Waals surface area (Å²) in [5.41, 5.74) is 3.44. The van der Waals surface area contributed by atoms with Gasteiger partial charge in [0.25, 0.3) is 0 Å². The highest BCUT2D eigenvalue weighted by atomic mass is 79.9. The van der Waals surface area contributed by atoms with E-state index < -0.39 is 0 Å². The minimum atomic E-state index is 0.309. The normalized spacial score (nSPS) is 31.3. The lowest BCUT2D eigenvalue weighted by Gasteiger charge is -2.39. The van der Waals surface area contributed by atoms with Crippen LogP contribution in [0.25, 0.3) is 0 Å². The van der Waals surface area contributed by atoms with Gasteiger partial charge in [-0.3, -0.25) is 0 Å². The Morgan fingerprint density at radius 3 is 2.94 bits per heavy atom. The summed E-state index contributed by atoms with van der Waals surface area (Å²) >= 11 is 3.79. The number of hydrogen-bond acceptors (Lipinski definition) is 1. The second kappa shape index (κ2) is 5.34. The molecule has 0 N–H and O–H groups in total. The minimum Gasteiger partial charge on any atom is -0.378 e. The largest absolute Gasteiger partial charge is 0.378 e. The van der Waals surface area contributed by atoms with Crippen LogP contribution in [0.4, 0.5) is 0 Å². The maximum Gasteiger partial charge on any atom is 0.0584 e. The van der Waals surface area contributed by atoms with E-state index in [2.05, 4.69) is 40.2 Å². The molecule has 1 heterocycles. The summed E-state index contributed by atoms with van der Waals surface area (Å²) in [6, 6.07) is 9.01. The number of aryl methyl sites for hydroxylation is 1. The molecule has 0 spiro atoms. The van der Waals surface area contributed by atoms with Crippen molar-refractivity contribution >= 4 is 15.9 Å². The van der Waals surface area contributed by atoms with Crippen molar-refractivity contribution < 1.29 is 4.74 Å². The van der Waals surface area contributed by atoms with Gasteiger partial charge in [0.05, 0.1) is 6.10 Å². The summed E-state index contributed by atoms with van der Waals surface area (Å²) in [6.07, 6.45) is 8.02. The van der Waals surface area contributed by atoms with Gasteiger partial charge in [0.15, 0.2) is 0 Å². The van der Waals surface area contributed by atoms with Crippen LogP contribution in [0, 0.1) is 0 Å². The Balaban J connectivity index is 1.91. The van der Waals surface area contributed by atoms with E-state index in [1.165, 1.54) is 38.5 Å². The fourth-order valence-electron chi connectivity index (χ4n) is 3.65. The second-order valence-corrected chi connectivity index (χ2v) is 6.32. The standard InChI is InChI=1S/C16H21BrO/c17-12-16(11-14-7-4-10-18-14)9-3-6-13-5-1-2-8-15(13)16/h1-2,5,8,14H,3-4,6-7,9-12H2. The van der Waals surface area contributed by atoms with Gasteiger partial charge in [-0.1, -0.05) is 40.2 Å². The molecule has 2 unspecified atom stereocenters. The molecule has 1 saturated heterocycles. The Bertz CT molecular complexity index is 411. The minimum absolute atomic E-state index is 0.309. The van der Waals surface area contributed by atoms with Crippen LogP contribution in [-0.4, -0.2) is 18.0 Å². The number of rotatable bonds is 3. The van der Waals surface area contributed by atoms with Crippen molar-refractivity contribution in [3.63, 3.8) is 0 Å². The topological polar surface area (TPSA) is 9.23 Å². The Hall–Kier alpha value is -0.340. The van der Waals surface area contributed by atoms with Crippen LogP contribution in [0.5, 0.6) is 0 Å². The van der Waals surface area contributed by atoms with Gasteiger partial charge in [0, 0.05) is 17.4 Å². The van der Waals surface area contributed by atoms with E-state index >= 15 is 0 Å². The average Bonchev–Trinajstić information content (AvgIpc) is 2.92. The monoisotopic (exact) mass is 308 g/mol. The van der Waals surface area contributed by atoms with E-state index in [4.69, 9.17) is 4.74 Å². The third kappa shape index (κ3) is 2.25. The van der Waals surface area contributed by atoms with Crippen molar-refractivity contribution in [2.24, 2.45) is 0 Å². The molecule has 3 rings (SSSR count). The molecule has 2 aliphatic rings. The van der Waals surface area contributed by atoms with Crippen LogP contribution in [-0.2, 0) is 16.6 Å². The number of hydrogen-bond donors (Lipinski definition) is 0. The first kappa shape index (κ1) is 12.7. The smallest absolute Gasteiger partial charge is 0.0584 e. The first-order chi connectivity index (χ1) is 8.84. The molecule has 98 valence electrons. The quantitative estimate of drug-likeness (QED) is 0.760. The van der Waals surface area contributed by atoms with E-state index in [-0.39, 0.29) is 0 Å². The van der Waals surface area contributed by atoms with Crippen molar-refractivity contribution in [3.8, 4) is 0 Å². The highest BCUT2D eigenvalue weighted by Gasteiger charge is 2.38. The molecule has 1 aliphatic heterocycles. The van der Waals surface area contributed by atoms with E-state index in [0.29, 0.717) is 11.5 Å². The van der Waals surface area contributed by atoms with Crippen molar-refractivity contribution in [3.05, 3.63) is 35.4 Å². The molecule has 0 saturated carbocycles. The Morgan fingerprint density at radius 1 is 1.28 bits per heavy atom. The van der Waals surface area contributed by atoms with Gasteiger partial charge < -0.3 is 4.74 Å². The highest BCUT2D eigenvalue weighted by molar-refractivity contribution is 9.09. The van der Waals surface area contributed by atoms with Gasteiger partial charge in [-0.25, -0.2) is 0 Å². The molecule has 0 radical (unpaired) electrons. The summed E-state index contributed by atoms with van der Waals surface area (Å²) < 4.78 is 5.88. The van der Waals surface area contributed by atoms with Gasteiger partial charge in [-0.2, -0.15) is 0 Å². The molecule has 1 aromatic carbocycles. The lowest BCUT2D eigenvalue weighted by atomic mass is 9.68. The zero-order chi connectivity index (χ0) is 12.4. The average molecular weight is 309 g/mol. The van der Waals surface area contributed by atoms with Crippen molar-refractivity contribution in [2.45, 2.75) is 50.0 Å². The molecule has 2 heteroatoms. The highest BCUT2D eigenvalue weighted by Crippen LogP contribution is 2.43. The lowest BCUT2D eigenvalue weighted by Crippen LogP contribution is -2.36. The van der Waals surface area contributed by atoms with Crippen molar-refractivity contribution in [1.82, 2.24) is 0 Å². The molecular weight excluding hydrogens is 288 g/mol. The summed E-state index contributed by atoms with van der Waals surface area (Å²) in [4.78, 5) is 0. The Labute approximate surface area is 118 Å². The number of ether oxygens (including phenoxy) is 1. The van der Waals surface area contributed by atoms with Crippen LogP contribution in [0.15, 0.2) is 24.3 Å². The fourth-order valence-corrected chi connectivity index (χ4v) is 4.47. The Morgan fingerprint density at radius 2 is 2.17 bits per heavy atom. The van der Waals surface area contributed by atoms with Gasteiger partial charge >= 0.3 is 0 Å². The van der Waals surface area contributed by atoms with Crippen molar-refractivity contribution in [1.29, 1.82) is 0 Å². The van der Waals surface area contributed by atoms with Crippen LogP contribution in [0.2, 0.25) is 0 Å². The molecular formula is C16H21BrO. The zero-order valence-corrected chi connectivity index (χ0v) is 12.4. The summed E-state index contributed by atoms with van der Waals surface area (Å²) in [5.74, 6) is 0. The van der Waals surface area contributed by atoms with Crippen molar-refractivity contribution in [2.75, 3.05) is 11.9 Å².